The van der Waals surface area contributed by atoms with Crippen LogP contribution in [0.1, 0.15) is 26.4 Å². The molecule has 0 fully saturated rings. The number of alkyl halides is 3. The number of hydrogen-bond acceptors (Lipinski definition) is 3. The fourth-order valence-electron chi connectivity index (χ4n) is 2.75. The van der Waals surface area contributed by atoms with Gasteiger partial charge < -0.3 is 10.1 Å². The zero-order valence-electron chi connectivity index (χ0n) is 14.2. The Balaban J connectivity index is 1.85. The van der Waals surface area contributed by atoms with E-state index in [0.29, 0.717) is 21.2 Å². The van der Waals surface area contributed by atoms with Crippen molar-refractivity contribution >= 4 is 27.3 Å². The predicted molar refractivity (Wildman–Crippen MR) is 95.1 cm³/mol. The van der Waals surface area contributed by atoms with Crippen LogP contribution in [0, 0.1) is 5.82 Å². The lowest BCUT2D eigenvalue weighted by Gasteiger charge is -2.10. The molecule has 0 saturated carbocycles. The van der Waals surface area contributed by atoms with Crippen molar-refractivity contribution in [3.05, 3.63) is 69.8 Å². The van der Waals surface area contributed by atoms with E-state index in [2.05, 4.69) is 5.32 Å². The Morgan fingerprint density at radius 1 is 1.19 bits per heavy atom. The number of methoxy groups -OCH3 is 1. The molecule has 0 radical (unpaired) electrons. The van der Waals surface area contributed by atoms with Crippen molar-refractivity contribution in [1.29, 1.82) is 0 Å². The van der Waals surface area contributed by atoms with Gasteiger partial charge in [-0.3, -0.25) is 4.79 Å². The highest BCUT2D eigenvalue weighted by molar-refractivity contribution is 7.21. The first-order valence-corrected chi connectivity index (χ1v) is 8.76. The standard InChI is InChI=1S/C19H15F4NO2S/c1-26-10-13-16-14(20)6-3-7-15(16)27-17(13)18(25)24-9-11-4-2-5-12(8-11)19(21,22)23/h2-8H,9-10H2,1H3,(H,24,25). The molecule has 142 valence electrons. The number of hydrogen-bond donors (Lipinski definition) is 1. The van der Waals surface area contributed by atoms with Crippen LogP contribution >= 0.6 is 11.3 Å². The second kappa shape index (κ2) is 7.66. The van der Waals surface area contributed by atoms with Gasteiger partial charge in [0.2, 0.25) is 0 Å². The van der Waals surface area contributed by atoms with Crippen molar-refractivity contribution in [2.75, 3.05) is 7.11 Å². The number of fused-ring (bicyclic) bond motifs is 1. The zero-order valence-corrected chi connectivity index (χ0v) is 15.0. The number of nitrogens with one attached hydrogen (secondary N) is 1. The molecule has 1 N–H and O–H groups in total. The molecule has 0 aliphatic rings. The SMILES string of the molecule is COCc1c(C(=O)NCc2cccc(C(F)(F)F)c2)sc2cccc(F)c12. The summed E-state index contributed by atoms with van der Waals surface area (Å²) >= 11 is 1.12. The largest absolute Gasteiger partial charge is 0.416 e. The van der Waals surface area contributed by atoms with Crippen molar-refractivity contribution in [2.45, 2.75) is 19.3 Å². The van der Waals surface area contributed by atoms with Crippen molar-refractivity contribution < 1.29 is 27.1 Å². The molecule has 3 nitrogen and oxygen atoms in total. The number of ether oxygens (including phenoxy) is 1. The molecule has 0 aliphatic heterocycles. The number of thiophene rings is 1. The number of rotatable bonds is 5. The molecular formula is C19H15F4NO2S. The number of halogens is 4. The third-order valence-corrected chi connectivity index (χ3v) is 5.16. The van der Waals surface area contributed by atoms with Crippen LogP contribution in [-0.4, -0.2) is 13.0 Å². The average Bonchev–Trinajstić information content (AvgIpc) is 3.00. The van der Waals surface area contributed by atoms with Crippen LogP contribution in [-0.2, 0) is 24.1 Å². The molecule has 0 aliphatic carbocycles. The molecule has 8 heteroatoms. The minimum Gasteiger partial charge on any atom is -0.380 e. The monoisotopic (exact) mass is 397 g/mol. The van der Waals surface area contributed by atoms with Crippen LogP contribution in [0.5, 0.6) is 0 Å². The Hall–Kier alpha value is -2.45. The zero-order chi connectivity index (χ0) is 19.6. The van der Waals surface area contributed by atoms with Gasteiger partial charge in [-0.2, -0.15) is 13.2 Å². The number of benzene rings is 2. The molecule has 1 heterocycles. The summed E-state index contributed by atoms with van der Waals surface area (Å²) in [4.78, 5) is 12.9. The van der Waals surface area contributed by atoms with E-state index in [-0.39, 0.29) is 18.0 Å². The van der Waals surface area contributed by atoms with Crippen LogP contribution in [0.4, 0.5) is 17.6 Å². The smallest absolute Gasteiger partial charge is 0.380 e. The Labute approximate surface area is 156 Å². The van der Waals surface area contributed by atoms with E-state index in [1.54, 1.807) is 12.1 Å². The first-order valence-electron chi connectivity index (χ1n) is 7.94. The van der Waals surface area contributed by atoms with E-state index in [4.69, 9.17) is 4.74 Å². The highest BCUT2D eigenvalue weighted by Gasteiger charge is 2.30. The first-order chi connectivity index (χ1) is 12.8. The van der Waals surface area contributed by atoms with E-state index < -0.39 is 23.5 Å². The Morgan fingerprint density at radius 2 is 1.93 bits per heavy atom. The van der Waals surface area contributed by atoms with Gasteiger partial charge in [-0.1, -0.05) is 18.2 Å². The lowest BCUT2D eigenvalue weighted by Crippen LogP contribution is -2.23. The van der Waals surface area contributed by atoms with E-state index in [1.165, 1.54) is 25.3 Å². The van der Waals surface area contributed by atoms with Gasteiger partial charge in [-0.15, -0.1) is 11.3 Å². The molecule has 2 aromatic carbocycles. The fraction of sp³-hybridized carbons (Fsp3) is 0.211. The summed E-state index contributed by atoms with van der Waals surface area (Å²) in [6.45, 7) is -0.0286. The fourth-order valence-corrected chi connectivity index (χ4v) is 3.89. The number of amides is 1. The Morgan fingerprint density at radius 3 is 2.63 bits per heavy atom. The van der Waals surface area contributed by atoms with Crippen molar-refractivity contribution in [3.8, 4) is 0 Å². The minimum absolute atomic E-state index is 0.0489. The Kier molecular flexibility index (Phi) is 5.48. The van der Waals surface area contributed by atoms with Crippen LogP contribution in [0.25, 0.3) is 10.1 Å². The third-order valence-electron chi connectivity index (χ3n) is 3.97. The van der Waals surface area contributed by atoms with Gasteiger partial charge in [0.25, 0.3) is 5.91 Å². The summed E-state index contributed by atoms with van der Waals surface area (Å²) in [6, 6.07) is 9.29. The number of carbonyl (C=O) groups is 1. The highest BCUT2D eigenvalue weighted by Crippen LogP contribution is 2.34. The second-order valence-corrected chi connectivity index (χ2v) is 6.89. The molecule has 3 rings (SSSR count). The minimum atomic E-state index is -4.45. The van der Waals surface area contributed by atoms with Gasteiger partial charge in [-0.05, 0) is 29.8 Å². The van der Waals surface area contributed by atoms with Gasteiger partial charge in [0, 0.05) is 29.3 Å². The molecule has 0 atom stereocenters. The summed E-state index contributed by atoms with van der Waals surface area (Å²) in [5.74, 6) is -0.937. The van der Waals surface area contributed by atoms with Crippen LogP contribution in [0.15, 0.2) is 42.5 Å². The van der Waals surface area contributed by atoms with E-state index in [1.807, 2.05) is 0 Å². The quantitative estimate of drug-likeness (QED) is 0.606. The molecule has 3 aromatic rings. The molecular weight excluding hydrogens is 382 g/mol. The summed E-state index contributed by atoms with van der Waals surface area (Å²) in [5, 5.41) is 2.93. The second-order valence-electron chi connectivity index (χ2n) is 5.84. The lowest BCUT2D eigenvalue weighted by molar-refractivity contribution is -0.137. The molecule has 0 unspecified atom stereocenters. The molecule has 1 amide bonds. The van der Waals surface area contributed by atoms with E-state index in [9.17, 15) is 22.4 Å². The Bertz CT molecular complexity index is 981. The van der Waals surface area contributed by atoms with Crippen molar-refractivity contribution in [1.82, 2.24) is 5.32 Å². The summed E-state index contributed by atoms with van der Waals surface area (Å²) in [7, 11) is 1.44. The molecule has 0 saturated heterocycles. The molecule has 1 aromatic heterocycles. The van der Waals surface area contributed by atoms with Crippen molar-refractivity contribution in [3.63, 3.8) is 0 Å². The third kappa shape index (κ3) is 4.12. The first kappa shape index (κ1) is 19.3. The van der Waals surface area contributed by atoms with E-state index in [0.717, 1.165) is 23.5 Å². The maximum Gasteiger partial charge on any atom is 0.416 e. The predicted octanol–water partition coefficient (Wildman–Crippen LogP) is 5.14. The number of carbonyl (C=O) groups excluding carboxylic acids is 1. The molecule has 27 heavy (non-hydrogen) atoms. The topological polar surface area (TPSA) is 38.3 Å². The molecule has 0 spiro atoms. The van der Waals surface area contributed by atoms with Gasteiger partial charge in [-0.25, -0.2) is 4.39 Å². The van der Waals surface area contributed by atoms with Crippen LogP contribution < -0.4 is 5.32 Å². The van der Waals surface area contributed by atoms with E-state index >= 15 is 0 Å². The maximum absolute atomic E-state index is 14.2. The summed E-state index contributed by atoms with van der Waals surface area (Å²) < 4.78 is 58.2. The van der Waals surface area contributed by atoms with Gasteiger partial charge in [0.1, 0.15) is 5.82 Å². The summed E-state index contributed by atoms with van der Waals surface area (Å²) in [6.07, 6.45) is -4.45. The van der Waals surface area contributed by atoms with Gasteiger partial charge in [0.05, 0.1) is 17.0 Å². The highest BCUT2D eigenvalue weighted by atomic mass is 32.1. The van der Waals surface area contributed by atoms with Crippen LogP contribution in [0.3, 0.4) is 0 Å². The summed E-state index contributed by atoms with van der Waals surface area (Å²) in [5.41, 5.74) is -0.0332. The average molecular weight is 397 g/mol. The van der Waals surface area contributed by atoms with Gasteiger partial charge >= 0.3 is 6.18 Å². The van der Waals surface area contributed by atoms with Gasteiger partial charge in [0.15, 0.2) is 0 Å². The molecule has 0 bridgehead atoms. The maximum atomic E-state index is 14.2. The van der Waals surface area contributed by atoms with Crippen molar-refractivity contribution in [2.24, 2.45) is 0 Å². The van der Waals surface area contributed by atoms with Crippen LogP contribution in [0.2, 0.25) is 0 Å². The normalized spacial score (nSPS) is 11.7. The lowest BCUT2D eigenvalue weighted by atomic mass is 10.1.